The molecule has 1 aliphatic rings. The minimum absolute atomic E-state index is 0.201. The van der Waals surface area contributed by atoms with Crippen molar-refractivity contribution in [3.05, 3.63) is 7.05 Å². The van der Waals surface area contributed by atoms with Gasteiger partial charge in [-0.2, -0.15) is 13.2 Å². The normalized spacial score (nSPS) is 24.0. The van der Waals surface area contributed by atoms with Crippen molar-refractivity contribution in [2.45, 2.75) is 19.0 Å². The molecule has 0 amide bonds. The first kappa shape index (κ1) is 8.84. The summed E-state index contributed by atoms with van der Waals surface area (Å²) in [6.07, 6.45) is -3.60. The van der Waals surface area contributed by atoms with E-state index in [0.717, 1.165) is 0 Å². The maximum Gasteiger partial charge on any atom is 0.391 e. The lowest BCUT2D eigenvalue weighted by atomic mass is 9.97. The maximum atomic E-state index is 12.0. The predicted molar refractivity (Wildman–Crippen MR) is 35.7 cm³/mol. The van der Waals surface area contributed by atoms with Crippen molar-refractivity contribution in [3.8, 4) is 0 Å². The number of rotatable bonds is 0. The highest BCUT2D eigenvalue weighted by atomic mass is 19.4. The molecule has 0 aliphatic carbocycles. The molecule has 0 spiro atoms. The highest BCUT2D eigenvalue weighted by molar-refractivity contribution is 4.76. The topological polar surface area (TPSA) is 3.24 Å². The van der Waals surface area contributed by atoms with E-state index in [1.807, 2.05) is 0 Å². The van der Waals surface area contributed by atoms with Gasteiger partial charge in [0.05, 0.1) is 5.92 Å². The van der Waals surface area contributed by atoms with Gasteiger partial charge in [-0.25, -0.2) is 0 Å². The fourth-order valence-corrected chi connectivity index (χ4v) is 1.26. The second-order valence-electron chi connectivity index (χ2n) is 2.93. The van der Waals surface area contributed by atoms with Gasteiger partial charge in [0, 0.05) is 7.05 Å². The third kappa shape index (κ3) is 2.36. The zero-order chi connectivity index (χ0) is 8.48. The molecular weight excluding hydrogens is 155 g/mol. The lowest BCUT2D eigenvalue weighted by Crippen LogP contribution is -2.35. The molecule has 0 N–H and O–H groups in total. The minimum Gasteiger partial charge on any atom is -0.302 e. The van der Waals surface area contributed by atoms with Crippen LogP contribution in [0.3, 0.4) is 0 Å². The van der Waals surface area contributed by atoms with Gasteiger partial charge in [-0.05, 0) is 25.9 Å². The predicted octanol–water partition coefficient (Wildman–Crippen LogP) is 2.05. The Bertz CT molecular complexity index is 124. The van der Waals surface area contributed by atoms with E-state index in [-0.39, 0.29) is 12.8 Å². The van der Waals surface area contributed by atoms with Gasteiger partial charge >= 0.3 is 6.18 Å². The van der Waals surface area contributed by atoms with Crippen molar-refractivity contribution in [1.29, 1.82) is 0 Å². The van der Waals surface area contributed by atoms with Gasteiger partial charge in [-0.1, -0.05) is 0 Å². The van der Waals surface area contributed by atoms with Crippen molar-refractivity contribution in [2.24, 2.45) is 5.92 Å². The highest BCUT2D eigenvalue weighted by Gasteiger charge is 2.40. The number of nitrogens with zero attached hydrogens (tertiary/aromatic N) is 1. The lowest BCUT2D eigenvalue weighted by Gasteiger charge is -2.29. The maximum absolute atomic E-state index is 12.0. The minimum atomic E-state index is -4.00. The average molecular weight is 166 g/mol. The molecule has 1 nitrogen and oxygen atoms in total. The van der Waals surface area contributed by atoms with Crippen molar-refractivity contribution in [3.63, 3.8) is 0 Å². The van der Waals surface area contributed by atoms with Crippen molar-refractivity contribution >= 4 is 0 Å². The third-order valence-electron chi connectivity index (χ3n) is 2.05. The van der Waals surface area contributed by atoms with Gasteiger partial charge in [-0.15, -0.1) is 0 Å². The largest absolute Gasteiger partial charge is 0.391 e. The molecule has 1 fully saturated rings. The fraction of sp³-hybridized carbons (Fsp3) is 0.857. The van der Waals surface area contributed by atoms with Gasteiger partial charge in [0.2, 0.25) is 0 Å². The van der Waals surface area contributed by atoms with Gasteiger partial charge in [0.15, 0.2) is 0 Å². The molecule has 1 heterocycles. The lowest BCUT2D eigenvalue weighted by molar-refractivity contribution is -0.183. The molecule has 11 heavy (non-hydrogen) atoms. The smallest absolute Gasteiger partial charge is 0.302 e. The Morgan fingerprint density at radius 2 is 1.64 bits per heavy atom. The molecular formula is C7H11F3N. The first-order valence-corrected chi connectivity index (χ1v) is 3.62. The Hall–Kier alpha value is -0.250. The standard InChI is InChI=1S/C7H11F3N/c1-11-4-2-6(3-5-11)7(8,9)10/h6H,1-5H2. The van der Waals surface area contributed by atoms with Crippen LogP contribution in [0.4, 0.5) is 13.2 Å². The van der Waals surface area contributed by atoms with E-state index >= 15 is 0 Å². The molecule has 0 aromatic rings. The molecule has 1 aliphatic heterocycles. The first-order valence-electron chi connectivity index (χ1n) is 3.62. The third-order valence-corrected chi connectivity index (χ3v) is 2.05. The Balaban J connectivity index is 2.39. The zero-order valence-electron chi connectivity index (χ0n) is 6.19. The Morgan fingerprint density at radius 1 is 1.18 bits per heavy atom. The van der Waals surface area contributed by atoms with Gasteiger partial charge in [0.1, 0.15) is 0 Å². The number of hydrogen-bond acceptors (Lipinski definition) is 1. The summed E-state index contributed by atoms with van der Waals surface area (Å²) in [6, 6.07) is 0. The molecule has 1 rings (SSSR count). The molecule has 1 saturated heterocycles. The first-order chi connectivity index (χ1) is 5.00. The summed E-state index contributed by atoms with van der Waals surface area (Å²) in [5.41, 5.74) is 0. The van der Waals surface area contributed by atoms with Gasteiger partial charge < -0.3 is 4.90 Å². The van der Waals surface area contributed by atoms with Gasteiger partial charge in [-0.3, -0.25) is 0 Å². The quantitative estimate of drug-likeness (QED) is 0.532. The Morgan fingerprint density at radius 3 is 2.00 bits per heavy atom. The Kier molecular flexibility index (Phi) is 2.42. The van der Waals surface area contributed by atoms with Crippen molar-refractivity contribution in [1.82, 2.24) is 4.90 Å². The second kappa shape index (κ2) is 3.01. The van der Waals surface area contributed by atoms with E-state index in [1.165, 1.54) is 0 Å². The van der Waals surface area contributed by atoms with Crippen LogP contribution in [0.5, 0.6) is 0 Å². The van der Waals surface area contributed by atoms with E-state index in [4.69, 9.17) is 0 Å². The summed E-state index contributed by atoms with van der Waals surface area (Å²) in [5.74, 6) is -1.10. The van der Waals surface area contributed by atoms with Crippen molar-refractivity contribution in [2.75, 3.05) is 13.1 Å². The zero-order valence-corrected chi connectivity index (χ0v) is 6.19. The van der Waals surface area contributed by atoms with E-state index in [9.17, 15) is 13.2 Å². The Labute approximate surface area is 64.2 Å². The average Bonchev–Trinajstić information content (AvgIpc) is 1.86. The molecule has 0 aromatic heterocycles. The van der Waals surface area contributed by atoms with E-state index in [2.05, 4.69) is 7.05 Å². The SMILES string of the molecule is [CH2]N1CCC(C(F)(F)F)CC1. The highest BCUT2D eigenvalue weighted by Crippen LogP contribution is 2.33. The van der Waals surface area contributed by atoms with E-state index in [1.54, 1.807) is 4.90 Å². The molecule has 65 valence electrons. The molecule has 4 heteroatoms. The molecule has 0 aromatic carbocycles. The van der Waals surface area contributed by atoms with Crippen LogP contribution in [0, 0.1) is 13.0 Å². The van der Waals surface area contributed by atoms with Crippen LogP contribution in [-0.4, -0.2) is 24.2 Å². The summed E-state index contributed by atoms with van der Waals surface area (Å²) < 4.78 is 36.1. The van der Waals surface area contributed by atoms with E-state index < -0.39 is 12.1 Å². The monoisotopic (exact) mass is 166 g/mol. The number of piperidine rings is 1. The van der Waals surface area contributed by atoms with Crippen LogP contribution in [0.2, 0.25) is 0 Å². The molecule has 1 radical (unpaired) electrons. The van der Waals surface area contributed by atoms with Crippen LogP contribution in [0.25, 0.3) is 0 Å². The summed E-state index contributed by atoms with van der Waals surface area (Å²) in [7, 11) is 3.58. The molecule has 0 bridgehead atoms. The van der Waals surface area contributed by atoms with Crippen LogP contribution in [0.15, 0.2) is 0 Å². The van der Waals surface area contributed by atoms with Crippen LogP contribution >= 0.6 is 0 Å². The number of alkyl halides is 3. The van der Waals surface area contributed by atoms with Crippen LogP contribution < -0.4 is 0 Å². The number of hydrogen-bond donors (Lipinski definition) is 0. The van der Waals surface area contributed by atoms with Crippen molar-refractivity contribution < 1.29 is 13.2 Å². The summed E-state index contributed by atoms with van der Waals surface area (Å²) in [5, 5.41) is 0. The molecule has 0 atom stereocenters. The van der Waals surface area contributed by atoms with E-state index in [0.29, 0.717) is 13.1 Å². The van der Waals surface area contributed by atoms with Crippen LogP contribution in [-0.2, 0) is 0 Å². The number of likely N-dealkylation sites (tertiary alicyclic amines) is 1. The molecule has 0 saturated carbocycles. The molecule has 0 unspecified atom stereocenters. The fourth-order valence-electron chi connectivity index (χ4n) is 1.26. The van der Waals surface area contributed by atoms with Crippen LogP contribution in [0.1, 0.15) is 12.8 Å². The summed E-state index contributed by atoms with van der Waals surface area (Å²) >= 11 is 0. The summed E-state index contributed by atoms with van der Waals surface area (Å²) in [6.45, 7) is 0.925. The summed E-state index contributed by atoms with van der Waals surface area (Å²) in [4.78, 5) is 1.68. The number of halogens is 3. The van der Waals surface area contributed by atoms with Gasteiger partial charge in [0.25, 0.3) is 0 Å². The second-order valence-corrected chi connectivity index (χ2v) is 2.93.